The van der Waals surface area contributed by atoms with Gasteiger partial charge in [0, 0.05) is 17.2 Å². The van der Waals surface area contributed by atoms with Gasteiger partial charge in [-0.15, -0.1) is 0 Å². The molecule has 14 heavy (non-hydrogen) atoms. The molecule has 1 amide bonds. The molecule has 0 aliphatic heterocycles. The van der Waals surface area contributed by atoms with E-state index in [4.69, 9.17) is 0 Å². The Labute approximate surface area is 92.4 Å². The SMILES string of the molecule is CCC(C)CNC(=O)c1cc(Br)c[nH]1. The lowest BCUT2D eigenvalue weighted by Crippen LogP contribution is -2.28. The number of aromatic nitrogens is 1. The Kier molecular flexibility index (Phi) is 4.20. The fourth-order valence-electron chi connectivity index (χ4n) is 1.01. The molecule has 1 aromatic heterocycles. The molecule has 0 saturated heterocycles. The Balaban J connectivity index is 2.43. The summed E-state index contributed by atoms with van der Waals surface area (Å²) in [7, 11) is 0. The highest BCUT2D eigenvalue weighted by atomic mass is 79.9. The molecule has 1 aromatic rings. The van der Waals surface area contributed by atoms with Crippen molar-refractivity contribution in [1.82, 2.24) is 10.3 Å². The molecule has 0 aromatic carbocycles. The van der Waals surface area contributed by atoms with E-state index in [9.17, 15) is 4.79 Å². The zero-order chi connectivity index (χ0) is 10.6. The smallest absolute Gasteiger partial charge is 0.267 e. The number of carbonyl (C=O) groups is 1. The van der Waals surface area contributed by atoms with Crippen LogP contribution < -0.4 is 5.32 Å². The molecule has 0 radical (unpaired) electrons. The molecule has 0 saturated carbocycles. The van der Waals surface area contributed by atoms with Gasteiger partial charge in [0.15, 0.2) is 0 Å². The minimum absolute atomic E-state index is 0.0454. The highest BCUT2D eigenvalue weighted by molar-refractivity contribution is 9.10. The van der Waals surface area contributed by atoms with Gasteiger partial charge >= 0.3 is 0 Å². The van der Waals surface area contributed by atoms with Gasteiger partial charge in [0.2, 0.25) is 0 Å². The number of hydrogen-bond acceptors (Lipinski definition) is 1. The average molecular weight is 259 g/mol. The number of aromatic amines is 1. The van der Waals surface area contributed by atoms with Crippen LogP contribution in [0.15, 0.2) is 16.7 Å². The van der Waals surface area contributed by atoms with Gasteiger partial charge in [-0.25, -0.2) is 0 Å². The quantitative estimate of drug-likeness (QED) is 0.857. The number of amides is 1. The Hall–Kier alpha value is -0.770. The third-order valence-corrected chi connectivity index (χ3v) is 2.66. The first-order chi connectivity index (χ1) is 6.63. The summed E-state index contributed by atoms with van der Waals surface area (Å²) in [5.74, 6) is 0.480. The summed E-state index contributed by atoms with van der Waals surface area (Å²) in [5.41, 5.74) is 0.597. The highest BCUT2D eigenvalue weighted by Crippen LogP contribution is 2.10. The number of nitrogens with one attached hydrogen (secondary N) is 2. The van der Waals surface area contributed by atoms with Crippen LogP contribution in [0.4, 0.5) is 0 Å². The standard InChI is InChI=1S/C10H15BrN2O/c1-3-7(2)5-13-10(14)9-4-8(11)6-12-9/h4,6-7,12H,3,5H2,1-2H3,(H,13,14). The summed E-state index contributed by atoms with van der Waals surface area (Å²) < 4.78 is 0.895. The summed E-state index contributed by atoms with van der Waals surface area (Å²) in [4.78, 5) is 14.4. The van der Waals surface area contributed by atoms with E-state index in [1.54, 1.807) is 12.3 Å². The van der Waals surface area contributed by atoms with E-state index in [-0.39, 0.29) is 5.91 Å². The average Bonchev–Trinajstić information content (AvgIpc) is 2.60. The Morgan fingerprint density at radius 2 is 2.43 bits per heavy atom. The van der Waals surface area contributed by atoms with Crippen molar-refractivity contribution < 1.29 is 4.79 Å². The lowest BCUT2D eigenvalue weighted by Gasteiger charge is -2.08. The summed E-state index contributed by atoms with van der Waals surface area (Å²) in [5, 5.41) is 2.87. The number of carbonyl (C=O) groups excluding carboxylic acids is 1. The predicted octanol–water partition coefficient (Wildman–Crippen LogP) is 2.55. The summed E-state index contributed by atoms with van der Waals surface area (Å²) >= 11 is 3.28. The predicted molar refractivity (Wildman–Crippen MR) is 60.3 cm³/mol. The van der Waals surface area contributed by atoms with Gasteiger partial charge in [-0.2, -0.15) is 0 Å². The van der Waals surface area contributed by atoms with Gasteiger partial charge in [-0.1, -0.05) is 20.3 Å². The van der Waals surface area contributed by atoms with Crippen molar-refractivity contribution in [2.75, 3.05) is 6.54 Å². The van der Waals surface area contributed by atoms with Gasteiger partial charge in [-0.05, 0) is 27.9 Å². The molecule has 2 N–H and O–H groups in total. The van der Waals surface area contributed by atoms with Gasteiger partial charge < -0.3 is 10.3 Å². The molecule has 1 atom stereocenters. The molecular weight excluding hydrogens is 244 g/mol. The number of rotatable bonds is 4. The van der Waals surface area contributed by atoms with Crippen LogP contribution in [0.25, 0.3) is 0 Å². The lowest BCUT2D eigenvalue weighted by molar-refractivity contribution is 0.0943. The molecule has 0 aliphatic carbocycles. The second-order valence-electron chi connectivity index (χ2n) is 3.46. The molecule has 0 spiro atoms. The largest absolute Gasteiger partial charge is 0.356 e. The molecule has 4 heteroatoms. The maximum Gasteiger partial charge on any atom is 0.267 e. The van der Waals surface area contributed by atoms with Gasteiger partial charge in [0.25, 0.3) is 5.91 Å². The summed E-state index contributed by atoms with van der Waals surface area (Å²) in [6, 6.07) is 1.77. The number of H-pyrrole nitrogens is 1. The Bertz CT molecular complexity index is 309. The minimum atomic E-state index is -0.0454. The molecular formula is C10H15BrN2O. The van der Waals surface area contributed by atoms with E-state index < -0.39 is 0 Å². The summed E-state index contributed by atoms with van der Waals surface area (Å²) in [6.07, 6.45) is 2.83. The molecule has 1 unspecified atom stereocenters. The van der Waals surface area contributed by atoms with E-state index in [0.717, 1.165) is 17.4 Å². The molecule has 78 valence electrons. The van der Waals surface area contributed by atoms with Gasteiger partial charge in [0.05, 0.1) is 0 Å². The van der Waals surface area contributed by atoms with Crippen LogP contribution in [0.3, 0.4) is 0 Å². The monoisotopic (exact) mass is 258 g/mol. The fourth-order valence-corrected chi connectivity index (χ4v) is 1.35. The fraction of sp³-hybridized carbons (Fsp3) is 0.500. The van der Waals surface area contributed by atoms with Crippen LogP contribution in [0.1, 0.15) is 30.8 Å². The van der Waals surface area contributed by atoms with Crippen LogP contribution >= 0.6 is 15.9 Å². The van der Waals surface area contributed by atoms with E-state index >= 15 is 0 Å². The number of hydrogen-bond donors (Lipinski definition) is 2. The van der Waals surface area contributed by atoms with Crippen LogP contribution in [0.5, 0.6) is 0 Å². The second kappa shape index (κ2) is 5.20. The normalized spacial score (nSPS) is 12.5. The first kappa shape index (κ1) is 11.3. The van der Waals surface area contributed by atoms with E-state index in [2.05, 4.69) is 40.1 Å². The van der Waals surface area contributed by atoms with Crippen molar-refractivity contribution in [3.05, 3.63) is 22.4 Å². The van der Waals surface area contributed by atoms with Crippen LogP contribution in [0.2, 0.25) is 0 Å². The zero-order valence-corrected chi connectivity index (χ0v) is 10.0. The van der Waals surface area contributed by atoms with Crippen LogP contribution in [0, 0.1) is 5.92 Å². The van der Waals surface area contributed by atoms with Gasteiger partial charge in [-0.3, -0.25) is 4.79 Å². The van der Waals surface area contributed by atoms with Gasteiger partial charge in [0.1, 0.15) is 5.69 Å². The second-order valence-corrected chi connectivity index (χ2v) is 4.37. The molecule has 1 rings (SSSR count). The third-order valence-electron chi connectivity index (χ3n) is 2.20. The lowest BCUT2D eigenvalue weighted by atomic mass is 10.1. The van der Waals surface area contributed by atoms with Crippen LogP contribution in [-0.4, -0.2) is 17.4 Å². The summed E-state index contributed by atoms with van der Waals surface area (Å²) in [6.45, 7) is 4.96. The van der Waals surface area contributed by atoms with E-state index in [1.807, 2.05) is 0 Å². The van der Waals surface area contributed by atoms with E-state index in [0.29, 0.717) is 11.6 Å². The van der Waals surface area contributed by atoms with Crippen molar-refractivity contribution in [1.29, 1.82) is 0 Å². The zero-order valence-electron chi connectivity index (χ0n) is 8.43. The van der Waals surface area contributed by atoms with Crippen LogP contribution in [-0.2, 0) is 0 Å². The third kappa shape index (κ3) is 3.18. The topological polar surface area (TPSA) is 44.9 Å². The Morgan fingerprint density at radius 3 is 2.93 bits per heavy atom. The maximum atomic E-state index is 11.5. The van der Waals surface area contributed by atoms with Crippen molar-refractivity contribution in [3.63, 3.8) is 0 Å². The first-order valence-corrected chi connectivity index (χ1v) is 5.55. The van der Waals surface area contributed by atoms with Crippen molar-refractivity contribution >= 4 is 21.8 Å². The molecule has 0 bridgehead atoms. The molecule has 0 fully saturated rings. The van der Waals surface area contributed by atoms with Crippen molar-refractivity contribution in [2.45, 2.75) is 20.3 Å². The molecule has 3 nitrogen and oxygen atoms in total. The highest BCUT2D eigenvalue weighted by Gasteiger charge is 2.08. The minimum Gasteiger partial charge on any atom is -0.356 e. The van der Waals surface area contributed by atoms with E-state index in [1.165, 1.54) is 0 Å². The van der Waals surface area contributed by atoms with Crippen molar-refractivity contribution in [3.8, 4) is 0 Å². The molecule has 1 heterocycles. The molecule has 0 aliphatic rings. The Morgan fingerprint density at radius 1 is 1.71 bits per heavy atom. The maximum absolute atomic E-state index is 11.5. The van der Waals surface area contributed by atoms with Crippen molar-refractivity contribution in [2.24, 2.45) is 5.92 Å². The first-order valence-electron chi connectivity index (χ1n) is 4.75. The number of halogens is 1.